The summed E-state index contributed by atoms with van der Waals surface area (Å²) in [5, 5.41) is 0. The maximum absolute atomic E-state index is 2.30. The van der Waals surface area contributed by atoms with Gasteiger partial charge in [0.15, 0.2) is 0 Å². The highest BCUT2D eigenvalue weighted by Crippen LogP contribution is 2.14. The van der Waals surface area contributed by atoms with Crippen molar-refractivity contribution >= 4 is 0 Å². The van der Waals surface area contributed by atoms with Crippen molar-refractivity contribution < 1.29 is 17.3 Å². The number of unbranched alkanes of at least 4 members (excludes halogenated alkanes) is 20. The normalized spacial score (nSPS) is 11.1. The zero-order valence-corrected chi connectivity index (χ0v) is 20.2. The molecule has 27 heavy (non-hydrogen) atoms. The summed E-state index contributed by atoms with van der Waals surface area (Å²) in [6, 6.07) is 0. The fraction of sp³-hybridized carbons (Fsp3) is 1.00. The van der Waals surface area contributed by atoms with Crippen LogP contribution in [-0.4, -0.2) is 20.6 Å². The molecule has 1 N–H and O–H groups in total. The second-order valence-electron chi connectivity index (χ2n) is 9.03. The van der Waals surface area contributed by atoms with Crippen LogP contribution in [-0.2, 0) is 0 Å². The molecule has 0 amide bonds. The topological polar surface area (TPSA) is 4.44 Å². The van der Waals surface area contributed by atoms with E-state index in [4.69, 9.17) is 0 Å². The second-order valence-corrected chi connectivity index (χ2v) is 9.03. The van der Waals surface area contributed by atoms with Crippen LogP contribution >= 0.6 is 0 Å². The van der Waals surface area contributed by atoms with Crippen molar-refractivity contribution in [3.8, 4) is 0 Å². The Morgan fingerprint density at radius 2 is 0.593 bits per heavy atom. The van der Waals surface area contributed by atoms with Crippen LogP contribution < -0.4 is 17.3 Å². The Balaban J connectivity index is 0. The van der Waals surface area contributed by atoms with Crippen LogP contribution in [0.2, 0.25) is 0 Å². The molecule has 0 aliphatic heterocycles. The molecule has 0 fully saturated rings. The fourth-order valence-electron chi connectivity index (χ4n) is 3.91. The maximum atomic E-state index is 2.30. The van der Waals surface area contributed by atoms with Gasteiger partial charge in [0.1, 0.15) is 0 Å². The van der Waals surface area contributed by atoms with Crippen LogP contribution in [0.25, 0.3) is 0 Å². The zero-order valence-electron chi connectivity index (χ0n) is 19.4. The van der Waals surface area contributed by atoms with Gasteiger partial charge in [-0.25, -0.2) is 0 Å². The molecular formula is C25H54ClN. The van der Waals surface area contributed by atoms with Gasteiger partial charge in [0, 0.05) is 0 Å². The van der Waals surface area contributed by atoms with Crippen molar-refractivity contribution in [3.63, 3.8) is 0 Å². The molecule has 0 saturated heterocycles. The van der Waals surface area contributed by atoms with E-state index in [0.717, 1.165) is 0 Å². The van der Waals surface area contributed by atoms with Gasteiger partial charge in [0.05, 0.1) is 20.6 Å². The molecule has 0 rings (SSSR count). The molecule has 0 radical (unpaired) electrons. The predicted octanol–water partition coefficient (Wildman–Crippen LogP) is 4.35. The number of halogens is 1. The standard InChI is InChI=1S/C25H53N.ClH/c1-4-5-6-7-8-9-10-11-12-13-14-15-16-17-18-19-20-21-22-23-24-25-26(2)3;/h4-25H2,1-3H3;1H. The van der Waals surface area contributed by atoms with Crippen molar-refractivity contribution in [1.29, 1.82) is 0 Å². The third-order valence-corrected chi connectivity index (χ3v) is 5.78. The quantitative estimate of drug-likeness (QED) is 0.256. The largest absolute Gasteiger partial charge is 1.00 e. The Hall–Kier alpha value is 0.250. The van der Waals surface area contributed by atoms with Crippen LogP contribution in [0.4, 0.5) is 0 Å². The Morgan fingerprint density at radius 3 is 0.815 bits per heavy atom. The van der Waals surface area contributed by atoms with Gasteiger partial charge in [0.25, 0.3) is 0 Å². The fourth-order valence-corrected chi connectivity index (χ4v) is 3.91. The average Bonchev–Trinajstić information content (AvgIpc) is 2.62. The van der Waals surface area contributed by atoms with Gasteiger partial charge in [-0.1, -0.05) is 129 Å². The summed E-state index contributed by atoms with van der Waals surface area (Å²) in [6.07, 6.45) is 30.9. The molecule has 0 aromatic rings. The first-order chi connectivity index (χ1) is 12.8. The number of hydrogen-bond donors (Lipinski definition) is 1. The molecule has 0 aliphatic carbocycles. The van der Waals surface area contributed by atoms with E-state index in [1.807, 2.05) is 0 Å². The predicted molar refractivity (Wildman–Crippen MR) is 120 cm³/mol. The molecule has 0 saturated carbocycles. The van der Waals surface area contributed by atoms with Gasteiger partial charge >= 0.3 is 0 Å². The first-order valence-electron chi connectivity index (χ1n) is 12.6. The Kier molecular flexibility index (Phi) is 28.6. The van der Waals surface area contributed by atoms with Gasteiger partial charge in [-0.2, -0.15) is 0 Å². The molecule has 0 aromatic heterocycles. The minimum atomic E-state index is 0. The highest BCUT2D eigenvalue weighted by atomic mass is 35.5. The molecular weight excluding hydrogens is 350 g/mol. The Bertz CT molecular complexity index is 242. The summed E-state index contributed by atoms with van der Waals surface area (Å²) >= 11 is 0. The molecule has 0 aromatic carbocycles. The highest BCUT2D eigenvalue weighted by Gasteiger charge is 1.96. The van der Waals surface area contributed by atoms with Crippen LogP contribution in [0.1, 0.15) is 142 Å². The van der Waals surface area contributed by atoms with Crippen LogP contribution in [0, 0.1) is 0 Å². The molecule has 0 unspecified atom stereocenters. The molecule has 1 nitrogen and oxygen atoms in total. The van der Waals surface area contributed by atoms with E-state index in [1.165, 1.54) is 141 Å². The lowest BCUT2D eigenvalue weighted by Crippen LogP contribution is -3.05. The summed E-state index contributed by atoms with van der Waals surface area (Å²) in [4.78, 5) is 1.60. The van der Waals surface area contributed by atoms with Gasteiger partial charge in [-0.15, -0.1) is 0 Å². The first kappa shape index (κ1) is 29.5. The van der Waals surface area contributed by atoms with E-state index in [2.05, 4.69) is 21.0 Å². The summed E-state index contributed by atoms with van der Waals surface area (Å²) in [7, 11) is 4.52. The SMILES string of the molecule is CCCCCCCCCCCCCCCCCCCCCCC[NH+](C)C.[Cl-]. The molecule has 0 aliphatic rings. The van der Waals surface area contributed by atoms with E-state index in [0.29, 0.717) is 0 Å². The Morgan fingerprint density at radius 1 is 0.370 bits per heavy atom. The van der Waals surface area contributed by atoms with E-state index in [1.54, 1.807) is 4.90 Å². The molecule has 0 spiro atoms. The van der Waals surface area contributed by atoms with Crippen molar-refractivity contribution in [2.24, 2.45) is 0 Å². The summed E-state index contributed by atoms with van der Waals surface area (Å²) in [5.74, 6) is 0. The van der Waals surface area contributed by atoms with Crippen LogP contribution in [0.3, 0.4) is 0 Å². The zero-order chi connectivity index (χ0) is 19.1. The minimum Gasteiger partial charge on any atom is -1.00 e. The number of nitrogens with one attached hydrogen (secondary N) is 1. The van der Waals surface area contributed by atoms with Crippen molar-refractivity contribution in [3.05, 3.63) is 0 Å². The van der Waals surface area contributed by atoms with Crippen molar-refractivity contribution in [1.82, 2.24) is 0 Å². The number of rotatable bonds is 22. The summed E-state index contributed by atoms with van der Waals surface area (Å²) < 4.78 is 0. The number of quaternary nitrogens is 1. The van der Waals surface area contributed by atoms with E-state index in [9.17, 15) is 0 Å². The Labute approximate surface area is 179 Å². The minimum absolute atomic E-state index is 0. The lowest BCUT2D eigenvalue weighted by atomic mass is 10.0. The molecule has 2 heteroatoms. The van der Waals surface area contributed by atoms with Crippen LogP contribution in [0.5, 0.6) is 0 Å². The molecule has 166 valence electrons. The van der Waals surface area contributed by atoms with Gasteiger partial charge in [-0.3, -0.25) is 0 Å². The lowest BCUT2D eigenvalue weighted by Gasteiger charge is -2.06. The first-order valence-corrected chi connectivity index (χ1v) is 12.6. The second kappa shape index (κ2) is 26.2. The third kappa shape index (κ3) is 28.6. The monoisotopic (exact) mass is 403 g/mol. The van der Waals surface area contributed by atoms with Crippen molar-refractivity contribution in [2.75, 3.05) is 20.6 Å². The third-order valence-electron chi connectivity index (χ3n) is 5.78. The van der Waals surface area contributed by atoms with Gasteiger partial charge in [-0.05, 0) is 12.8 Å². The van der Waals surface area contributed by atoms with Crippen molar-refractivity contribution in [2.45, 2.75) is 142 Å². The average molecular weight is 404 g/mol. The van der Waals surface area contributed by atoms with Gasteiger partial charge < -0.3 is 17.3 Å². The van der Waals surface area contributed by atoms with Crippen LogP contribution in [0.15, 0.2) is 0 Å². The van der Waals surface area contributed by atoms with E-state index >= 15 is 0 Å². The molecule has 0 heterocycles. The molecule has 0 atom stereocenters. The van der Waals surface area contributed by atoms with E-state index in [-0.39, 0.29) is 12.4 Å². The summed E-state index contributed by atoms with van der Waals surface area (Å²) in [6.45, 7) is 3.65. The highest BCUT2D eigenvalue weighted by molar-refractivity contribution is 4.51. The summed E-state index contributed by atoms with van der Waals surface area (Å²) in [5.41, 5.74) is 0. The van der Waals surface area contributed by atoms with E-state index < -0.39 is 0 Å². The smallest absolute Gasteiger partial charge is 0.0766 e. The number of hydrogen-bond acceptors (Lipinski definition) is 0. The molecule has 0 bridgehead atoms. The maximum Gasteiger partial charge on any atom is 0.0766 e. The van der Waals surface area contributed by atoms with Gasteiger partial charge in [0.2, 0.25) is 0 Å². The lowest BCUT2D eigenvalue weighted by molar-refractivity contribution is -0.858.